The third-order valence-electron chi connectivity index (χ3n) is 4.56. The number of halogens is 1. The van der Waals surface area contributed by atoms with Crippen LogP contribution in [0.1, 0.15) is 15.9 Å². The highest BCUT2D eigenvalue weighted by molar-refractivity contribution is 8.18. The zero-order chi connectivity index (χ0) is 19.8. The predicted molar refractivity (Wildman–Crippen MR) is 111 cm³/mol. The number of amides is 2. The number of rotatable bonds is 4. The fourth-order valence-electron chi connectivity index (χ4n) is 3.14. The van der Waals surface area contributed by atoms with Crippen molar-refractivity contribution in [3.05, 3.63) is 75.8 Å². The van der Waals surface area contributed by atoms with E-state index in [1.165, 1.54) is 0 Å². The predicted octanol–water partition coefficient (Wildman–Crippen LogP) is 4.75. The molecule has 0 spiro atoms. The number of para-hydroxylation sites is 1. The fraction of sp³-hybridized carbons (Fsp3) is 0.0952. The van der Waals surface area contributed by atoms with Crippen molar-refractivity contribution in [2.75, 3.05) is 6.54 Å². The van der Waals surface area contributed by atoms with Gasteiger partial charge >= 0.3 is 0 Å². The van der Waals surface area contributed by atoms with Gasteiger partial charge in [0.1, 0.15) is 0 Å². The first kappa shape index (κ1) is 18.5. The van der Waals surface area contributed by atoms with E-state index in [0.29, 0.717) is 15.5 Å². The van der Waals surface area contributed by atoms with Crippen molar-refractivity contribution in [1.29, 1.82) is 0 Å². The fourth-order valence-corrected chi connectivity index (χ4v) is 4.09. The molecule has 0 unspecified atom stereocenters. The zero-order valence-electron chi connectivity index (χ0n) is 14.9. The lowest BCUT2D eigenvalue weighted by molar-refractivity contribution is -0.122. The van der Waals surface area contributed by atoms with Crippen LogP contribution >= 0.6 is 23.4 Å². The molecule has 2 aromatic carbocycles. The molecule has 28 heavy (non-hydrogen) atoms. The molecule has 0 aliphatic carbocycles. The van der Waals surface area contributed by atoms with Gasteiger partial charge in [-0.1, -0.05) is 29.8 Å². The number of hydrogen-bond donors (Lipinski definition) is 0. The van der Waals surface area contributed by atoms with Crippen LogP contribution in [0.4, 0.5) is 4.79 Å². The molecule has 0 atom stereocenters. The summed E-state index contributed by atoms with van der Waals surface area (Å²) < 4.78 is 1.97. The largest absolute Gasteiger partial charge is 0.350 e. The van der Waals surface area contributed by atoms with Gasteiger partial charge in [-0.3, -0.25) is 19.3 Å². The molecule has 1 fully saturated rings. The molecule has 0 N–H and O–H groups in total. The van der Waals surface area contributed by atoms with Crippen LogP contribution in [0.25, 0.3) is 17.0 Å². The number of carbonyl (C=O) groups excluding carboxylic acids is 3. The molecule has 0 saturated carbocycles. The van der Waals surface area contributed by atoms with Crippen LogP contribution in [0.5, 0.6) is 0 Å². The molecule has 0 radical (unpaired) electrons. The number of imide groups is 1. The Morgan fingerprint density at radius 3 is 2.57 bits per heavy atom. The zero-order valence-corrected chi connectivity index (χ0v) is 16.5. The second-order valence-corrected chi connectivity index (χ2v) is 7.84. The number of nitrogens with zero attached hydrogens (tertiary/aromatic N) is 2. The number of aryl methyl sites for hydroxylation is 1. The Bertz CT molecular complexity index is 1150. The molecule has 1 aliphatic rings. The molecule has 1 aliphatic heterocycles. The van der Waals surface area contributed by atoms with E-state index < -0.39 is 11.1 Å². The highest BCUT2D eigenvalue weighted by Gasteiger charge is 2.36. The quantitative estimate of drug-likeness (QED) is 0.460. The Hall–Kier alpha value is -2.83. The number of fused-ring (bicyclic) bond motifs is 1. The number of carbonyl (C=O) groups is 3. The van der Waals surface area contributed by atoms with Crippen LogP contribution in [0.3, 0.4) is 0 Å². The topological polar surface area (TPSA) is 59.4 Å². The second-order valence-electron chi connectivity index (χ2n) is 6.41. The normalized spacial score (nSPS) is 15.8. The van der Waals surface area contributed by atoms with Gasteiger partial charge in [0.2, 0.25) is 0 Å². The molecule has 2 amide bonds. The van der Waals surface area contributed by atoms with Crippen molar-refractivity contribution in [3.8, 4) is 0 Å². The molecular weight excluding hydrogens is 396 g/mol. The summed E-state index contributed by atoms with van der Waals surface area (Å²) in [7, 11) is 1.93. The van der Waals surface area contributed by atoms with Crippen LogP contribution in [-0.4, -0.2) is 32.9 Å². The average molecular weight is 411 g/mol. The lowest BCUT2D eigenvalue weighted by Gasteiger charge is -2.11. The van der Waals surface area contributed by atoms with E-state index in [4.69, 9.17) is 11.6 Å². The van der Waals surface area contributed by atoms with Crippen LogP contribution in [0, 0.1) is 0 Å². The van der Waals surface area contributed by atoms with E-state index in [0.717, 1.165) is 33.1 Å². The van der Waals surface area contributed by atoms with Gasteiger partial charge in [-0.15, -0.1) is 0 Å². The van der Waals surface area contributed by atoms with Gasteiger partial charge in [0, 0.05) is 40.3 Å². The summed E-state index contributed by atoms with van der Waals surface area (Å²) in [6.07, 6.45) is 3.62. The first-order valence-electron chi connectivity index (χ1n) is 8.52. The monoisotopic (exact) mass is 410 g/mol. The molecule has 1 aromatic heterocycles. The van der Waals surface area contributed by atoms with Crippen LogP contribution < -0.4 is 0 Å². The summed E-state index contributed by atoms with van der Waals surface area (Å²) in [6, 6.07) is 14.2. The first-order chi connectivity index (χ1) is 13.4. The Balaban J connectivity index is 1.59. The minimum absolute atomic E-state index is 0.292. The molecule has 0 bridgehead atoms. The highest BCUT2D eigenvalue weighted by atomic mass is 35.5. The van der Waals surface area contributed by atoms with E-state index in [2.05, 4.69) is 0 Å². The Morgan fingerprint density at radius 1 is 1.11 bits per heavy atom. The average Bonchev–Trinajstić information content (AvgIpc) is 3.14. The highest BCUT2D eigenvalue weighted by Crippen LogP contribution is 2.34. The van der Waals surface area contributed by atoms with Gasteiger partial charge in [-0.2, -0.15) is 0 Å². The van der Waals surface area contributed by atoms with Gasteiger partial charge in [0.25, 0.3) is 11.1 Å². The Kier molecular flexibility index (Phi) is 4.83. The Labute approximate surface area is 170 Å². The van der Waals surface area contributed by atoms with Crippen molar-refractivity contribution in [3.63, 3.8) is 0 Å². The molecule has 2 heterocycles. The molecule has 140 valence electrons. The minimum atomic E-state index is -0.453. The lowest BCUT2D eigenvalue weighted by Crippen LogP contribution is -2.33. The molecule has 5 nitrogen and oxygen atoms in total. The van der Waals surface area contributed by atoms with Crippen LogP contribution in [0.2, 0.25) is 5.02 Å². The second kappa shape index (κ2) is 7.30. The SMILES string of the molecule is Cn1cc(/C=C2/SC(=O)N(CC(=O)c3ccc(Cl)cc3)C2=O)c2ccccc21. The maximum atomic E-state index is 12.7. The maximum absolute atomic E-state index is 12.7. The van der Waals surface area contributed by atoms with E-state index in [9.17, 15) is 14.4 Å². The third-order valence-corrected chi connectivity index (χ3v) is 5.72. The van der Waals surface area contributed by atoms with E-state index in [1.807, 2.05) is 42.1 Å². The van der Waals surface area contributed by atoms with Crippen molar-refractivity contribution in [2.24, 2.45) is 7.05 Å². The number of benzene rings is 2. The van der Waals surface area contributed by atoms with Crippen molar-refractivity contribution < 1.29 is 14.4 Å². The molecule has 4 rings (SSSR count). The van der Waals surface area contributed by atoms with Crippen LogP contribution in [0.15, 0.2) is 59.6 Å². The summed E-state index contributed by atoms with van der Waals surface area (Å²) in [6.45, 7) is -0.292. The van der Waals surface area contributed by atoms with Gasteiger partial charge in [-0.05, 0) is 48.2 Å². The maximum Gasteiger partial charge on any atom is 0.293 e. The summed E-state index contributed by atoms with van der Waals surface area (Å²) in [5, 5.41) is 1.06. The number of hydrogen-bond acceptors (Lipinski definition) is 4. The molecule has 3 aromatic rings. The van der Waals surface area contributed by atoms with Gasteiger partial charge in [-0.25, -0.2) is 0 Å². The van der Waals surface area contributed by atoms with Gasteiger partial charge in [0.15, 0.2) is 5.78 Å². The lowest BCUT2D eigenvalue weighted by atomic mass is 10.1. The molecule has 7 heteroatoms. The first-order valence-corrected chi connectivity index (χ1v) is 9.71. The number of ketones is 1. The summed E-state index contributed by atoms with van der Waals surface area (Å²) >= 11 is 6.68. The number of Topliss-reactive ketones (excluding diaryl/α,β-unsaturated/α-hetero) is 1. The van der Waals surface area contributed by atoms with Gasteiger partial charge < -0.3 is 4.57 Å². The van der Waals surface area contributed by atoms with Crippen molar-refractivity contribution in [2.45, 2.75) is 0 Å². The van der Waals surface area contributed by atoms with Gasteiger partial charge in [0.05, 0.1) is 11.4 Å². The van der Waals surface area contributed by atoms with Crippen molar-refractivity contribution >= 4 is 57.3 Å². The third kappa shape index (κ3) is 3.37. The summed E-state index contributed by atoms with van der Waals surface area (Å²) in [5.74, 6) is -0.768. The standard InChI is InChI=1S/C21H15ClN2O3S/c1-23-11-14(16-4-2-3-5-17(16)23)10-19-20(26)24(21(27)28-19)12-18(25)13-6-8-15(22)9-7-13/h2-11H,12H2,1H3/b19-10+. The number of thioether (sulfide) groups is 1. The van der Waals surface area contributed by atoms with E-state index in [-0.39, 0.29) is 12.3 Å². The number of aromatic nitrogens is 1. The summed E-state index contributed by atoms with van der Waals surface area (Å²) in [5.41, 5.74) is 2.29. The Morgan fingerprint density at radius 2 is 1.82 bits per heavy atom. The summed E-state index contributed by atoms with van der Waals surface area (Å²) in [4.78, 5) is 38.8. The van der Waals surface area contributed by atoms with E-state index >= 15 is 0 Å². The molecule has 1 saturated heterocycles. The van der Waals surface area contributed by atoms with E-state index in [1.54, 1.807) is 30.3 Å². The molecular formula is C21H15ClN2O3S. The minimum Gasteiger partial charge on any atom is -0.350 e. The van der Waals surface area contributed by atoms with Crippen molar-refractivity contribution in [1.82, 2.24) is 9.47 Å². The smallest absolute Gasteiger partial charge is 0.293 e. The van der Waals surface area contributed by atoms with Crippen LogP contribution in [-0.2, 0) is 11.8 Å².